The summed E-state index contributed by atoms with van der Waals surface area (Å²) in [7, 11) is 0. The molecule has 0 radical (unpaired) electrons. The van der Waals surface area contributed by atoms with E-state index in [1.807, 2.05) is 6.92 Å². The zero-order valence-electron chi connectivity index (χ0n) is 16.1. The molecule has 0 aliphatic carbocycles. The number of hydrogen-bond donors (Lipinski definition) is 0. The molecule has 4 nitrogen and oxygen atoms in total. The molecule has 0 aromatic rings. The Balaban J connectivity index is 3.51. The second-order valence-corrected chi connectivity index (χ2v) is 6.64. The second-order valence-electron chi connectivity index (χ2n) is 6.64. The first kappa shape index (κ1) is 22.9. The summed E-state index contributed by atoms with van der Waals surface area (Å²) in [6.07, 6.45) is 12.6. The highest BCUT2D eigenvalue weighted by Crippen LogP contribution is 2.11. The fourth-order valence-corrected chi connectivity index (χ4v) is 2.54. The largest absolute Gasteiger partial charge is 0.466 e. The maximum atomic E-state index is 11.7. The first-order valence-electron chi connectivity index (χ1n) is 9.95. The van der Waals surface area contributed by atoms with Crippen molar-refractivity contribution in [1.29, 1.82) is 0 Å². The van der Waals surface area contributed by atoms with Gasteiger partial charge in [-0.05, 0) is 32.6 Å². The van der Waals surface area contributed by atoms with Crippen LogP contribution in [0.5, 0.6) is 0 Å². The van der Waals surface area contributed by atoms with Crippen LogP contribution in [0.25, 0.3) is 0 Å². The summed E-state index contributed by atoms with van der Waals surface area (Å²) >= 11 is 0. The van der Waals surface area contributed by atoms with Crippen molar-refractivity contribution in [3.63, 3.8) is 0 Å². The van der Waals surface area contributed by atoms with E-state index in [1.165, 1.54) is 32.1 Å². The van der Waals surface area contributed by atoms with Crippen molar-refractivity contribution < 1.29 is 19.1 Å². The fourth-order valence-electron chi connectivity index (χ4n) is 2.54. The smallest absolute Gasteiger partial charge is 0.306 e. The lowest BCUT2D eigenvalue weighted by Gasteiger charge is -2.13. The quantitative estimate of drug-likeness (QED) is 0.272. The number of carbonyl (C=O) groups is 2. The predicted molar refractivity (Wildman–Crippen MR) is 97.9 cm³/mol. The van der Waals surface area contributed by atoms with Gasteiger partial charge in [-0.15, -0.1) is 0 Å². The fraction of sp³-hybridized carbons (Fsp3) is 0.900. The monoisotopic (exact) mass is 342 g/mol. The number of hydrogen-bond acceptors (Lipinski definition) is 4. The summed E-state index contributed by atoms with van der Waals surface area (Å²) in [6, 6.07) is 0. The molecule has 0 aromatic carbocycles. The van der Waals surface area contributed by atoms with Crippen molar-refractivity contribution in [2.24, 2.45) is 0 Å². The number of carbonyl (C=O) groups excluding carboxylic acids is 2. The van der Waals surface area contributed by atoms with E-state index in [-0.39, 0.29) is 18.0 Å². The third kappa shape index (κ3) is 15.8. The van der Waals surface area contributed by atoms with Crippen molar-refractivity contribution in [3.05, 3.63) is 0 Å². The summed E-state index contributed by atoms with van der Waals surface area (Å²) in [5.41, 5.74) is 0. The van der Waals surface area contributed by atoms with Gasteiger partial charge in [0.1, 0.15) is 0 Å². The molecule has 0 spiro atoms. The Morgan fingerprint density at radius 1 is 0.750 bits per heavy atom. The standard InChI is InChI=1S/C20H38O4/c1-4-6-8-9-10-11-14-18(3)24-20(22)16-13-15-19(21)23-17-12-7-5-2/h18H,4-17H2,1-3H3. The van der Waals surface area contributed by atoms with Crippen LogP contribution in [0.2, 0.25) is 0 Å². The van der Waals surface area contributed by atoms with Gasteiger partial charge in [-0.25, -0.2) is 0 Å². The molecule has 0 rings (SSSR count). The highest BCUT2D eigenvalue weighted by Gasteiger charge is 2.11. The minimum atomic E-state index is -0.209. The highest BCUT2D eigenvalue weighted by molar-refractivity contribution is 5.72. The number of ether oxygens (including phenoxy) is 2. The Morgan fingerprint density at radius 2 is 1.33 bits per heavy atom. The molecule has 0 saturated carbocycles. The van der Waals surface area contributed by atoms with Gasteiger partial charge in [0.2, 0.25) is 0 Å². The number of unbranched alkanes of at least 4 members (excludes halogenated alkanes) is 7. The van der Waals surface area contributed by atoms with Crippen molar-refractivity contribution in [1.82, 2.24) is 0 Å². The van der Waals surface area contributed by atoms with Gasteiger partial charge in [0.25, 0.3) is 0 Å². The Kier molecular flexibility index (Phi) is 16.0. The third-order valence-corrected chi connectivity index (χ3v) is 4.07. The first-order valence-corrected chi connectivity index (χ1v) is 9.95. The highest BCUT2D eigenvalue weighted by atomic mass is 16.5. The van der Waals surface area contributed by atoms with Crippen molar-refractivity contribution >= 4 is 11.9 Å². The summed E-state index contributed by atoms with van der Waals surface area (Å²) in [6.45, 7) is 6.77. The number of esters is 2. The molecule has 0 fully saturated rings. The predicted octanol–water partition coefficient (Wildman–Crippen LogP) is 5.57. The normalized spacial score (nSPS) is 12.0. The summed E-state index contributed by atoms with van der Waals surface area (Å²) in [4.78, 5) is 23.2. The lowest BCUT2D eigenvalue weighted by atomic mass is 10.1. The van der Waals surface area contributed by atoms with E-state index in [0.29, 0.717) is 25.9 Å². The third-order valence-electron chi connectivity index (χ3n) is 4.07. The van der Waals surface area contributed by atoms with E-state index in [1.54, 1.807) is 0 Å². The molecule has 142 valence electrons. The molecular weight excluding hydrogens is 304 g/mol. The Labute approximate surface area is 148 Å². The zero-order chi connectivity index (χ0) is 18.0. The van der Waals surface area contributed by atoms with Crippen LogP contribution >= 0.6 is 0 Å². The van der Waals surface area contributed by atoms with Crippen LogP contribution in [0.3, 0.4) is 0 Å². The maximum Gasteiger partial charge on any atom is 0.306 e. The molecular formula is C20H38O4. The van der Waals surface area contributed by atoms with E-state index in [4.69, 9.17) is 9.47 Å². The van der Waals surface area contributed by atoms with Crippen LogP contribution in [0, 0.1) is 0 Å². The van der Waals surface area contributed by atoms with Gasteiger partial charge in [0.05, 0.1) is 12.7 Å². The summed E-state index contributed by atoms with van der Waals surface area (Å²) < 4.78 is 10.5. The summed E-state index contributed by atoms with van der Waals surface area (Å²) in [5, 5.41) is 0. The first-order chi connectivity index (χ1) is 11.6. The Hall–Kier alpha value is -1.06. The average Bonchev–Trinajstić information content (AvgIpc) is 2.55. The SMILES string of the molecule is CCCCCCCCC(C)OC(=O)CCCC(=O)OCCCCC. The van der Waals surface area contributed by atoms with E-state index in [0.717, 1.165) is 32.1 Å². The Morgan fingerprint density at radius 3 is 2.04 bits per heavy atom. The van der Waals surface area contributed by atoms with Crippen LogP contribution < -0.4 is 0 Å². The van der Waals surface area contributed by atoms with Crippen LogP contribution in [0.1, 0.15) is 104 Å². The molecule has 1 atom stereocenters. The molecule has 24 heavy (non-hydrogen) atoms. The molecule has 1 unspecified atom stereocenters. The van der Waals surface area contributed by atoms with Gasteiger partial charge in [0, 0.05) is 12.8 Å². The van der Waals surface area contributed by atoms with Gasteiger partial charge >= 0.3 is 11.9 Å². The van der Waals surface area contributed by atoms with E-state index < -0.39 is 0 Å². The van der Waals surface area contributed by atoms with Crippen molar-refractivity contribution in [2.75, 3.05) is 6.61 Å². The topological polar surface area (TPSA) is 52.6 Å². The zero-order valence-corrected chi connectivity index (χ0v) is 16.1. The van der Waals surface area contributed by atoms with Gasteiger partial charge in [-0.1, -0.05) is 58.8 Å². The molecule has 4 heteroatoms. The van der Waals surface area contributed by atoms with Gasteiger partial charge in [0.15, 0.2) is 0 Å². The average molecular weight is 343 g/mol. The molecule has 0 aliphatic rings. The van der Waals surface area contributed by atoms with Crippen LogP contribution in [0.4, 0.5) is 0 Å². The van der Waals surface area contributed by atoms with E-state index in [2.05, 4.69) is 13.8 Å². The van der Waals surface area contributed by atoms with Crippen LogP contribution in [-0.2, 0) is 19.1 Å². The lowest BCUT2D eigenvalue weighted by Crippen LogP contribution is -2.15. The van der Waals surface area contributed by atoms with E-state index in [9.17, 15) is 9.59 Å². The minimum absolute atomic E-state index is 0.0235. The second kappa shape index (κ2) is 16.8. The maximum absolute atomic E-state index is 11.7. The van der Waals surface area contributed by atoms with Crippen molar-refractivity contribution in [2.45, 2.75) is 110 Å². The number of rotatable bonds is 16. The minimum Gasteiger partial charge on any atom is -0.466 e. The molecule has 0 aliphatic heterocycles. The molecule has 0 amide bonds. The molecule has 0 heterocycles. The Bertz CT molecular complexity index is 315. The molecule has 0 saturated heterocycles. The molecule has 0 bridgehead atoms. The molecule has 0 N–H and O–H groups in total. The van der Waals surface area contributed by atoms with Crippen molar-refractivity contribution in [3.8, 4) is 0 Å². The van der Waals surface area contributed by atoms with E-state index >= 15 is 0 Å². The van der Waals surface area contributed by atoms with Crippen LogP contribution in [0.15, 0.2) is 0 Å². The lowest BCUT2D eigenvalue weighted by molar-refractivity contribution is -0.149. The summed E-state index contributed by atoms with van der Waals surface area (Å²) in [5.74, 6) is -0.411. The van der Waals surface area contributed by atoms with Gasteiger partial charge in [-0.3, -0.25) is 9.59 Å². The van der Waals surface area contributed by atoms with Gasteiger partial charge in [-0.2, -0.15) is 0 Å². The van der Waals surface area contributed by atoms with Gasteiger partial charge < -0.3 is 9.47 Å². The molecule has 0 aromatic heterocycles. The van der Waals surface area contributed by atoms with Crippen LogP contribution in [-0.4, -0.2) is 24.6 Å².